The van der Waals surface area contributed by atoms with Gasteiger partial charge < -0.3 is 0 Å². The monoisotopic (exact) mass is 202 g/mol. The highest BCUT2D eigenvalue weighted by atomic mass is 14.1. The minimum Gasteiger partial charge on any atom is -0.0985 e. The van der Waals surface area contributed by atoms with Crippen molar-refractivity contribution in [1.82, 2.24) is 0 Å². The topological polar surface area (TPSA) is 0 Å². The van der Waals surface area contributed by atoms with Gasteiger partial charge in [-0.3, -0.25) is 0 Å². The lowest BCUT2D eigenvalue weighted by Crippen LogP contribution is -1.94. The molecular weight excluding hydrogens is 180 g/mol. The second-order valence-electron chi connectivity index (χ2n) is 4.62. The Labute approximate surface area is 94.0 Å². The largest absolute Gasteiger partial charge is 0.0985 e. The highest BCUT2D eigenvalue weighted by molar-refractivity contribution is 5.53. The third kappa shape index (κ3) is 3.54. The summed E-state index contributed by atoms with van der Waals surface area (Å²) in [5, 5.41) is 0. The van der Waals surface area contributed by atoms with E-state index in [1.165, 1.54) is 36.0 Å². The third-order valence-electron chi connectivity index (χ3n) is 2.94. The summed E-state index contributed by atoms with van der Waals surface area (Å²) in [6, 6.07) is 6.51. The van der Waals surface area contributed by atoms with Crippen molar-refractivity contribution in [2.24, 2.45) is 5.92 Å². The average molecular weight is 202 g/mol. The number of hydrogen-bond acceptors (Lipinski definition) is 0. The molecule has 0 unspecified atom stereocenters. The summed E-state index contributed by atoms with van der Waals surface area (Å²) < 4.78 is 0. The second-order valence-corrected chi connectivity index (χ2v) is 4.62. The molecule has 0 amide bonds. The molecule has 0 fully saturated rings. The normalized spacial score (nSPS) is 10.7. The molecule has 0 atom stereocenters. The van der Waals surface area contributed by atoms with Crippen molar-refractivity contribution in [3.8, 4) is 0 Å². The predicted octanol–water partition coefficient (Wildman–Crippen LogP) is 4.62. The average Bonchev–Trinajstić information content (AvgIpc) is 2.20. The first-order chi connectivity index (χ1) is 7.15. The van der Waals surface area contributed by atoms with Gasteiger partial charge in [0, 0.05) is 0 Å². The number of aryl methyl sites for hydroxylation is 1. The molecule has 1 rings (SSSR count). The Morgan fingerprint density at radius 3 is 2.67 bits per heavy atom. The van der Waals surface area contributed by atoms with Gasteiger partial charge in [-0.2, -0.15) is 0 Å². The Morgan fingerprint density at radius 1 is 1.33 bits per heavy atom. The van der Waals surface area contributed by atoms with Gasteiger partial charge in [-0.25, -0.2) is 0 Å². The van der Waals surface area contributed by atoms with Crippen LogP contribution in [0.4, 0.5) is 0 Å². The SMILES string of the molecule is C=Cc1cccc(CCCC(C)C)c1C. The van der Waals surface area contributed by atoms with E-state index < -0.39 is 0 Å². The van der Waals surface area contributed by atoms with Crippen molar-refractivity contribution in [3.63, 3.8) is 0 Å². The van der Waals surface area contributed by atoms with Crippen LogP contribution in [-0.4, -0.2) is 0 Å². The third-order valence-corrected chi connectivity index (χ3v) is 2.94. The maximum atomic E-state index is 3.84. The van der Waals surface area contributed by atoms with E-state index in [9.17, 15) is 0 Å². The quantitative estimate of drug-likeness (QED) is 0.653. The van der Waals surface area contributed by atoms with Gasteiger partial charge in [0.25, 0.3) is 0 Å². The number of rotatable bonds is 5. The molecule has 0 radical (unpaired) electrons. The molecule has 82 valence electrons. The zero-order valence-electron chi connectivity index (χ0n) is 10.2. The van der Waals surface area contributed by atoms with Crippen molar-refractivity contribution in [2.45, 2.75) is 40.0 Å². The molecule has 0 aliphatic heterocycles. The van der Waals surface area contributed by atoms with E-state index in [4.69, 9.17) is 0 Å². The van der Waals surface area contributed by atoms with Gasteiger partial charge in [-0.1, -0.05) is 51.1 Å². The first-order valence-electron chi connectivity index (χ1n) is 5.86. The zero-order valence-corrected chi connectivity index (χ0v) is 10.2. The van der Waals surface area contributed by atoms with Gasteiger partial charge in [0.2, 0.25) is 0 Å². The lowest BCUT2D eigenvalue weighted by Gasteiger charge is -2.09. The smallest absolute Gasteiger partial charge is 0.0230 e. The molecule has 0 heterocycles. The first-order valence-corrected chi connectivity index (χ1v) is 5.86. The van der Waals surface area contributed by atoms with Gasteiger partial charge in [0.15, 0.2) is 0 Å². The summed E-state index contributed by atoms with van der Waals surface area (Å²) in [7, 11) is 0. The Morgan fingerprint density at radius 2 is 2.07 bits per heavy atom. The first kappa shape index (κ1) is 12.0. The highest BCUT2D eigenvalue weighted by Crippen LogP contribution is 2.18. The lowest BCUT2D eigenvalue weighted by atomic mass is 9.96. The van der Waals surface area contributed by atoms with Gasteiger partial charge in [0.1, 0.15) is 0 Å². The fourth-order valence-electron chi connectivity index (χ4n) is 1.90. The van der Waals surface area contributed by atoms with E-state index in [1.807, 2.05) is 6.08 Å². The van der Waals surface area contributed by atoms with E-state index in [-0.39, 0.29) is 0 Å². The molecule has 15 heavy (non-hydrogen) atoms. The van der Waals surface area contributed by atoms with E-state index in [2.05, 4.69) is 45.5 Å². The summed E-state index contributed by atoms with van der Waals surface area (Å²) in [5.41, 5.74) is 4.15. The van der Waals surface area contributed by atoms with Gasteiger partial charge in [0.05, 0.1) is 0 Å². The van der Waals surface area contributed by atoms with Crippen molar-refractivity contribution >= 4 is 6.08 Å². The summed E-state index contributed by atoms with van der Waals surface area (Å²) in [5.74, 6) is 0.813. The number of benzene rings is 1. The summed E-state index contributed by atoms with van der Waals surface area (Å²) in [6.07, 6.45) is 5.75. The van der Waals surface area contributed by atoms with Crippen LogP contribution < -0.4 is 0 Å². The van der Waals surface area contributed by atoms with Crippen molar-refractivity contribution in [3.05, 3.63) is 41.5 Å². The second kappa shape index (κ2) is 5.75. The number of hydrogen-bond donors (Lipinski definition) is 0. The minimum absolute atomic E-state index is 0.813. The van der Waals surface area contributed by atoms with Crippen LogP contribution in [0.5, 0.6) is 0 Å². The molecule has 1 aromatic rings. The van der Waals surface area contributed by atoms with Crippen LogP contribution in [0.3, 0.4) is 0 Å². The molecule has 0 aliphatic carbocycles. The maximum Gasteiger partial charge on any atom is -0.0230 e. The Hall–Kier alpha value is -1.04. The van der Waals surface area contributed by atoms with Crippen molar-refractivity contribution < 1.29 is 0 Å². The zero-order chi connectivity index (χ0) is 11.3. The highest BCUT2D eigenvalue weighted by Gasteiger charge is 2.02. The molecule has 0 saturated carbocycles. The lowest BCUT2D eigenvalue weighted by molar-refractivity contribution is 0.555. The maximum absolute atomic E-state index is 3.84. The molecule has 0 N–H and O–H groups in total. The van der Waals surface area contributed by atoms with Gasteiger partial charge in [-0.15, -0.1) is 0 Å². The summed E-state index contributed by atoms with van der Waals surface area (Å²) >= 11 is 0. The van der Waals surface area contributed by atoms with Crippen LogP contribution in [0.2, 0.25) is 0 Å². The van der Waals surface area contributed by atoms with Gasteiger partial charge in [-0.05, 0) is 42.4 Å². The van der Waals surface area contributed by atoms with E-state index in [1.54, 1.807) is 0 Å². The molecule has 0 aromatic heterocycles. The molecule has 0 aliphatic rings. The van der Waals surface area contributed by atoms with Crippen LogP contribution in [0.1, 0.15) is 43.4 Å². The van der Waals surface area contributed by atoms with Crippen LogP contribution in [0.15, 0.2) is 24.8 Å². The Balaban J connectivity index is 2.65. The van der Waals surface area contributed by atoms with Crippen LogP contribution in [0.25, 0.3) is 6.08 Å². The van der Waals surface area contributed by atoms with E-state index >= 15 is 0 Å². The van der Waals surface area contributed by atoms with Crippen LogP contribution in [0, 0.1) is 12.8 Å². The standard InChI is InChI=1S/C15H22/c1-5-14-9-7-11-15(13(14)4)10-6-8-12(2)3/h5,7,9,11-12H,1,6,8,10H2,2-4H3. The predicted molar refractivity (Wildman–Crippen MR) is 69.0 cm³/mol. The molecule has 0 saturated heterocycles. The molecule has 0 nitrogen and oxygen atoms in total. The summed E-state index contributed by atoms with van der Waals surface area (Å²) in [4.78, 5) is 0. The van der Waals surface area contributed by atoms with E-state index in [0.717, 1.165) is 5.92 Å². The summed E-state index contributed by atoms with van der Waals surface area (Å²) in [6.45, 7) is 10.6. The van der Waals surface area contributed by atoms with Crippen LogP contribution >= 0.6 is 0 Å². The van der Waals surface area contributed by atoms with Crippen molar-refractivity contribution in [2.75, 3.05) is 0 Å². The fraction of sp³-hybridized carbons (Fsp3) is 0.467. The molecule has 0 spiro atoms. The molecular formula is C15H22. The van der Waals surface area contributed by atoms with E-state index in [0.29, 0.717) is 0 Å². The molecule has 0 bridgehead atoms. The molecule has 1 aromatic carbocycles. The fourth-order valence-corrected chi connectivity index (χ4v) is 1.90. The van der Waals surface area contributed by atoms with Crippen molar-refractivity contribution in [1.29, 1.82) is 0 Å². The van der Waals surface area contributed by atoms with Crippen LogP contribution in [-0.2, 0) is 6.42 Å². The molecule has 0 heteroatoms. The minimum atomic E-state index is 0.813. The Kier molecular flexibility index (Phi) is 4.61. The Bertz CT molecular complexity index is 321. The van der Waals surface area contributed by atoms with Gasteiger partial charge >= 0.3 is 0 Å².